The number of rotatable bonds is 3. The lowest BCUT2D eigenvalue weighted by molar-refractivity contribution is 0.332. The summed E-state index contributed by atoms with van der Waals surface area (Å²) in [5.74, 6) is 1.15. The Hall–Kier alpha value is -0.310. The van der Waals surface area contributed by atoms with E-state index in [-0.39, 0.29) is 5.54 Å². The van der Waals surface area contributed by atoms with E-state index >= 15 is 0 Å². The molecule has 2 nitrogen and oxygen atoms in total. The molecule has 0 bridgehead atoms. The van der Waals surface area contributed by atoms with Crippen molar-refractivity contribution in [1.82, 2.24) is 9.55 Å². The summed E-state index contributed by atoms with van der Waals surface area (Å²) in [6, 6.07) is 0. The quantitative estimate of drug-likeness (QED) is 0.798. The van der Waals surface area contributed by atoms with Gasteiger partial charge in [0.2, 0.25) is 0 Å². The van der Waals surface area contributed by atoms with Crippen molar-refractivity contribution in [3.05, 3.63) is 16.6 Å². The predicted octanol–water partition coefficient (Wildman–Crippen LogP) is 3.35. The standard InChI is InChI=1S/C10H17BrN2/c1-5-9-12-8(11)7-13(9)10(3,4)6-2/h7H,5-6H2,1-4H3. The van der Waals surface area contributed by atoms with Crippen LogP contribution in [0, 0.1) is 0 Å². The van der Waals surface area contributed by atoms with Crippen molar-refractivity contribution in [3.63, 3.8) is 0 Å². The Morgan fingerprint density at radius 2 is 2.08 bits per heavy atom. The van der Waals surface area contributed by atoms with Crippen LogP contribution >= 0.6 is 15.9 Å². The molecule has 1 rings (SSSR count). The van der Waals surface area contributed by atoms with Gasteiger partial charge in [0.1, 0.15) is 10.4 Å². The Labute approximate surface area is 88.5 Å². The SMILES string of the molecule is CCc1nc(Br)cn1C(C)(C)CC. The zero-order chi connectivity index (χ0) is 10.1. The lowest BCUT2D eigenvalue weighted by atomic mass is 10.0. The van der Waals surface area contributed by atoms with Gasteiger partial charge in [-0.05, 0) is 36.2 Å². The van der Waals surface area contributed by atoms with E-state index in [1.165, 1.54) is 0 Å². The molecule has 3 heteroatoms. The molecule has 74 valence electrons. The lowest BCUT2D eigenvalue weighted by Gasteiger charge is -2.26. The van der Waals surface area contributed by atoms with Gasteiger partial charge in [0.15, 0.2) is 0 Å². The van der Waals surface area contributed by atoms with Crippen LogP contribution in [-0.2, 0) is 12.0 Å². The molecule has 0 aliphatic carbocycles. The van der Waals surface area contributed by atoms with Crippen molar-refractivity contribution >= 4 is 15.9 Å². The largest absolute Gasteiger partial charge is 0.328 e. The van der Waals surface area contributed by atoms with Crippen molar-refractivity contribution in [3.8, 4) is 0 Å². The minimum absolute atomic E-state index is 0.171. The molecule has 0 saturated heterocycles. The monoisotopic (exact) mass is 244 g/mol. The van der Waals surface area contributed by atoms with Gasteiger partial charge < -0.3 is 4.57 Å². The Balaban J connectivity index is 3.12. The molecular formula is C10H17BrN2. The molecule has 1 aromatic heterocycles. The topological polar surface area (TPSA) is 17.8 Å². The van der Waals surface area contributed by atoms with E-state index in [4.69, 9.17) is 0 Å². The van der Waals surface area contributed by atoms with Gasteiger partial charge in [-0.25, -0.2) is 4.98 Å². The van der Waals surface area contributed by atoms with E-state index in [0.717, 1.165) is 23.3 Å². The highest BCUT2D eigenvalue weighted by Gasteiger charge is 2.20. The zero-order valence-corrected chi connectivity index (χ0v) is 10.3. The fraction of sp³-hybridized carbons (Fsp3) is 0.700. The minimum Gasteiger partial charge on any atom is -0.328 e. The first-order chi connectivity index (χ1) is 6.01. The van der Waals surface area contributed by atoms with Gasteiger partial charge in [-0.3, -0.25) is 0 Å². The van der Waals surface area contributed by atoms with Gasteiger partial charge in [-0.15, -0.1) is 0 Å². The summed E-state index contributed by atoms with van der Waals surface area (Å²) in [6.45, 7) is 8.81. The maximum Gasteiger partial charge on any atom is 0.124 e. The van der Waals surface area contributed by atoms with Crippen LogP contribution in [0.3, 0.4) is 0 Å². The van der Waals surface area contributed by atoms with Gasteiger partial charge in [-0.2, -0.15) is 0 Å². The molecule has 0 aromatic carbocycles. The number of halogens is 1. The van der Waals surface area contributed by atoms with Gasteiger partial charge in [0.05, 0.1) is 0 Å². The van der Waals surface area contributed by atoms with Crippen molar-refractivity contribution in [2.24, 2.45) is 0 Å². The molecule has 1 aromatic rings. The average Bonchev–Trinajstić information content (AvgIpc) is 2.47. The number of nitrogens with zero attached hydrogens (tertiary/aromatic N) is 2. The zero-order valence-electron chi connectivity index (χ0n) is 8.76. The first kappa shape index (κ1) is 10.8. The van der Waals surface area contributed by atoms with E-state index in [1.807, 2.05) is 0 Å². The van der Waals surface area contributed by atoms with Crippen molar-refractivity contribution in [2.45, 2.75) is 46.1 Å². The molecule has 0 amide bonds. The Bertz CT molecular complexity index is 289. The molecule has 0 saturated carbocycles. The molecule has 0 fully saturated rings. The third kappa shape index (κ3) is 2.13. The molecule has 0 radical (unpaired) electrons. The molecule has 0 spiro atoms. The van der Waals surface area contributed by atoms with Crippen LogP contribution in [0.15, 0.2) is 10.8 Å². The predicted molar refractivity (Wildman–Crippen MR) is 58.9 cm³/mol. The second kappa shape index (κ2) is 3.82. The molecule has 0 N–H and O–H groups in total. The van der Waals surface area contributed by atoms with Crippen LogP contribution < -0.4 is 0 Å². The molecular weight excluding hydrogens is 228 g/mol. The van der Waals surface area contributed by atoms with Gasteiger partial charge in [-0.1, -0.05) is 13.8 Å². The first-order valence-electron chi connectivity index (χ1n) is 4.75. The number of aryl methyl sites for hydroxylation is 1. The van der Waals surface area contributed by atoms with Gasteiger partial charge in [0, 0.05) is 18.2 Å². The Morgan fingerprint density at radius 3 is 2.54 bits per heavy atom. The fourth-order valence-electron chi connectivity index (χ4n) is 1.33. The fourth-order valence-corrected chi connectivity index (χ4v) is 1.74. The van der Waals surface area contributed by atoms with Crippen LogP contribution in [-0.4, -0.2) is 9.55 Å². The number of hydrogen-bond donors (Lipinski definition) is 0. The summed E-state index contributed by atoms with van der Waals surface area (Å²) in [7, 11) is 0. The van der Waals surface area contributed by atoms with Crippen molar-refractivity contribution in [1.29, 1.82) is 0 Å². The number of hydrogen-bond acceptors (Lipinski definition) is 1. The molecule has 0 aliphatic rings. The summed E-state index contributed by atoms with van der Waals surface area (Å²) >= 11 is 3.41. The number of aromatic nitrogens is 2. The minimum atomic E-state index is 0.171. The maximum atomic E-state index is 4.42. The summed E-state index contributed by atoms with van der Waals surface area (Å²) in [5.41, 5.74) is 0.171. The highest BCUT2D eigenvalue weighted by Crippen LogP contribution is 2.24. The van der Waals surface area contributed by atoms with Crippen molar-refractivity contribution < 1.29 is 0 Å². The third-order valence-corrected chi connectivity index (χ3v) is 2.97. The van der Waals surface area contributed by atoms with Crippen LogP contribution in [0.2, 0.25) is 0 Å². The third-order valence-electron chi connectivity index (χ3n) is 2.58. The molecule has 0 atom stereocenters. The van der Waals surface area contributed by atoms with Crippen LogP contribution in [0.25, 0.3) is 0 Å². The number of imidazole rings is 1. The normalized spacial score (nSPS) is 12.1. The molecule has 13 heavy (non-hydrogen) atoms. The van der Waals surface area contributed by atoms with E-state index in [9.17, 15) is 0 Å². The summed E-state index contributed by atoms with van der Waals surface area (Å²) in [5, 5.41) is 0. The highest BCUT2D eigenvalue weighted by atomic mass is 79.9. The van der Waals surface area contributed by atoms with Gasteiger partial charge >= 0.3 is 0 Å². The van der Waals surface area contributed by atoms with E-state index < -0.39 is 0 Å². The van der Waals surface area contributed by atoms with Crippen LogP contribution in [0.5, 0.6) is 0 Å². The van der Waals surface area contributed by atoms with Crippen LogP contribution in [0.4, 0.5) is 0 Å². The maximum absolute atomic E-state index is 4.42. The Kier molecular flexibility index (Phi) is 3.17. The van der Waals surface area contributed by atoms with E-state index in [1.54, 1.807) is 0 Å². The highest BCUT2D eigenvalue weighted by molar-refractivity contribution is 9.10. The lowest BCUT2D eigenvalue weighted by Crippen LogP contribution is -2.26. The molecule has 0 unspecified atom stereocenters. The van der Waals surface area contributed by atoms with E-state index in [0.29, 0.717) is 0 Å². The second-order valence-corrected chi connectivity index (χ2v) is 4.68. The molecule has 0 aliphatic heterocycles. The second-order valence-electron chi connectivity index (χ2n) is 3.87. The summed E-state index contributed by atoms with van der Waals surface area (Å²) in [6.07, 6.45) is 4.17. The average molecular weight is 245 g/mol. The summed E-state index contributed by atoms with van der Waals surface area (Å²) < 4.78 is 3.20. The summed E-state index contributed by atoms with van der Waals surface area (Å²) in [4.78, 5) is 4.42. The smallest absolute Gasteiger partial charge is 0.124 e. The Morgan fingerprint density at radius 1 is 1.46 bits per heavy atom. The van der Waals surface area contributed by atoms with Crippen molar-refractivity contribution in [2.75, 3.05) is 0 Å². The molecule has 1 heterocycles. The first-order valence-corrected chi connectivity index (χ1v) is 5.54. The van der Waals surface area contributed by atoms with E-state index in [2.05, 4.69) is 59.4 Å². The van der Waals surface area contributed by atoms with Crippen LogP contribution in [0.1, 0.15) is 39.9 Å². The van der Waals surface area contributed by atoms with Gasteiger partial charge in [0.25, 0.3) is 0 Å².